The number of anilines is 1. The molecule has 0 N–H and O–H groups in total. The maximum atomic E-state index is 4.59. The van der Waals surface area contributed by atoms with Gasteiger partial charge in [-0.05, 0) is 36.8 Å². The molecule has 0 bridgehead atoms. The molecule has 136 valence electrons. The van der Waals surface area contributed by atoms with E-state index in [0.29, 0.717) is 4.59 Å². The number of quaternary nitrogens is 1. The Morgan fingerprint density at radius 1 is 1.08 bits per heavy atom. The average Bonchev–Trinajstić information content (AvgIpc) is 2.81. The van der Waals surface area contributed by atoms with Crippen molar-refractivity contribution in [2.45, 2.75) is 19.8 Å². The van der Waals surface area contributed by atoms with Crippen LogP contribution in [0.5, 0.6) is 0 Å². The molecule has 1 heterocycles. The second-order valence-electron chi connectivity index (χ2n) is 7.16. The number of benzene rings is 2. The molecule has 0 amide bonds. The fourth-order valence-electron chi connectivity index (χ4n) is 3.13. The lowest BCUT2D eigenvalue weighted by atomic mass is 10.2. The molecule has 1 atom stereocenters. The topological polar surface area (TPSA) is 43.6 Å². The Morgan fingerprint density at radius 2 is 1.73 bits per heavy atom. The Hall–Kier alpha value is -2.73. The van der Waals surface area contributed by atoms with Crippen LogP contribution in [0.1, 0.15) is 12.5 Å². The molecule has 6 heteroatoms. The van der Waals surface area contributed by atoms with Gasteiger partial charge in [0.05, 0.1) is 19.8 Å². The summed E-state index contributed by atoms with van der Waals surface area (Å²) in [4.78, 5) is 4.27. The van der Waals surface area contributed by atoms with Gasteiger partial charge in [-0.15, -0.1) is 10.2 Å². The minimum absolute atomic E-state index is 0.129. The monoisotopic (exact) mass is 351 g/mol. The molecular formula is C20H27N6+. The molecule has 2 aromatic carbocycles. The number of rotatable bonds is 5. The summed E-state index contributed by atoms with van der Waals surface area (Å²) < 4.78 is 0.434. The zero-order valence-electron chi connectivity index (χ0n) is 16.2. The molecule has 3 rings (SSSR count). The molecule has 0 fully saturated rings. The normalized spacial score (nSPS) is 19.0. The van der Waals surface area contributed by atoms with Crippen LogP contribution >= 0.6 is 0 Å². The van der Waals surface area contributed by atoms with Crippen LogP contribution in [-0.4, -0.2) is 49.8 Å². The Kier molecular flexibility index (Phi) is 5.04. The predicted octanol–water partition coefficient (Wildman–Crippen LogP) is 4.05. The van der Waals surface area contributed by atoms with Crippen molar-refractivity contribution >= 4 is 17.2 Å². The van der Waals surface area contributed by atoms with Gasteiger partial charge < -0.3 is 4.90 Å². The van der Waals surface area contributed by atoms with Crippen LogP contribution in [0.3, 0.4) is 0 Å². The number of azo groups is 1. The second kappa shape index (κ2) is 7.25. The first-order chi connectivity index (χ1) is 12.4. The van der Waals surface area contributed by atoms with Crippen molar-refractivity contribution in [2.24, 2.45) is 15.3 Å². The van der Waals surface area contributed by atoms with Crippen LogP contribution in [0.2, 0.25) is 0 Å². The number of amidine groups is 1. The standard InChI is InChI=1S/C20H27N6/c1-16-23-26(4,5)20(25(16)3)22-21-18-11-13-19(14-12-18)24(2)15-17-9-7-6-8-10-17/h6-14,20H,15H2,1-5H3/q+1. The molecule has 0 radical (unpaired) electrons. The molecule has 1 unspecified atom stereocenters. The van der Waals surface area contributed by atoms with E-state index in [1.54, 1.807) is 0 Å². The highest BCUT2D eigenvalue weighted by Gasteiger charge is 2.40. The van der Waals surface area contributed by atoms with E-state index >= 15 is 0 Å². The van der Waals surface area contributed by atoms with Crippen molar-refractivity contribution in [1.82, 2.24) is 4.90 Å². The molecule has 6 nitrogen and oxygen atoms in total. The lowest BCUT2D eigenvalue weighted by Gasteiger charge is -2.25. The maximum Gasteiger partial charge on any atom is 0.306 e. The van der Waals surface area contributed by atoms with Crippen LogP contribution in [0.4, 0.5) is 11.4 Å². The van der Waals surface area contributed by atoms with Crippen molar-refractivity contribution in [2.75, 3.05) is 33.1 Å². The number of nitrogens with zero attached hydrogens (tertiary/aromatic N) is 6. The van der Waals surface area contributed by atoms with Gasteiger partial charge in [0.25, 0.3) is 0 Å². The van der Waals surface area contributed by atoms with Gasteiger partial charge >= 0.3 is 6.29 Å². The molecule has 0 saturated carbocycles. The molecule has 0 aliphatic carbocycles. The van der Waals surface area contributed by atoms with Crippen molar-refractivity contribution < 1.29 is 4.59 Å². The maximum absolute atomic E-state index is 4.59. The zero-order chi connectivity index (χ0) is 18.7. The van der Waals surface area contributed by atoms with Gasteiger partial charge in [0.1, 0.15) is 0 Å². The summed E-state index contributed by atoms with van der Waals surface area (Å²) in [7, 11) is 8.14. The van der Waals surface area contributed by atoms with Crippen LogP contribution < -0.4 is 4.90 Å². The van der Waals surface area contributed by atoms with Gasteiger partial charge in [-0.25, -0.2) is 0 Å². The quantitative estimate of drug-likeness (QED) is 0.603. The van der Waals surface area contributed by atoms with Gasteiger partial charge in [0.2, 0.25) is 0 Å². The van der Waals surface area contributed by atoms with E-state index in [0.717, 1.165) is 23.8 Å². The fraction of sp³-hybridized carbons (Fsp3) is 0.350. The Morgan fingerprint density at radius 3 is 2.31 bits per heavy atom. The van der Waals surface area contributed by atoms with E-state index in [1.807, 2.05) is 51.2 Å². The third kappa shape index (κ3) is 3.91. The van der Waals surface area contributed by atoms with Gasteiger partial charge in [-0.3, -0.25) is 4.90 Å². The smallest absolute Gasteiger partial charge is 0.306 e. The Bertz CT molecular complexity index is 795. The summed E-state index contributed by atoms with van der Waals surface area (Å²) in [6.07, 6.45) is -0.129. The van der Waals surface area contributed by atoms with Crippen LogP contribution in [0.15, 0.2) is 69.9 Å². The van der Waals surface area contributed by atoms with Gasteiger partial charge in [-0.1, -0.05) is 35.4 Å². The second-order valence-corrected chi connectivity index (χ2v) is 7.16. The third-order valence-corrected chi connectivity index (χ3v) is 4.65. The molecule has 2 aromatic rings. The SMILES string of the molecule is CC1=N[N+](C)(C)C(N=Nc2ccc(N(C)Cc3ccccc3)cc2)N1C. The van der Waals surface area contributed by atoms with Gasteiger partial charge in [-0.2, -0.15) is 4.59 Å². The first-order valence-electron chi connectivity index (χ1n) is 8.76. The summed E-state index contributed by atoms with van der Waals surface area (Å²) in [5, 5.41) is 13.5. The highest BCUT2D eigenvalue weighted by atomic mass is 15.8. The average molecular weight is 351 g/mol. The largest absolute Gasteiger partial charge is 0.370 e. The van der Waals surface area contributed by atoms with E-state index in [1.165, 1.54) is 5.56 Å². The van der Waals surface area contributed by atoms with Gasteiger partial charge in [0.15, 0.2) is 5.84 Å². The van der Waals surface area contributed by atoms with E-state index in [9.17, 15) is 0 Å². The minimum Gasteiger partial charge on any atom is -0.370 e. The van der Waals surface area contributed by atoms with Gasteiger partial charge in [0, 0.05) is 26.3 Å². The summed E-state index contributed by atoms with van der Waals surface area (Å²) in [6.45, 7) is 2.86. The van der Waals surface area contributed by atoms with E-state index < -0.39 is 0 Å². The van der Waals surface area contributed by atoms with Crippen LogP contribution in [0.25, 0.3) is 0 Å². The molecule has 0 saturated heterocycles. The predicted molar refractivity (Wildman–Crippen MR) is 106 cm³/mol. The minimum atomic E-state index is -0.129. The number of hydrogen-bond acceptors (Lipinski definition) is 5. The highest BCUT2D eigenvalue weighted by Crippen LogP contribution is 2.25. The molecule has 1 aliphatic rings. The van der Waals surface area contributed by atoms with E-state index in [2.05, 4.69) is 63.7 Å². The zero-order valence-corrected chi connectivity index (χ0v) is 16.2. The first kappa shape index (κ1) is 18.1. The Balaban J connectivity index is 1.66. The highest BCUT2D eigenvalue weighted by molar-refractivity contribution is 5.79. The molecule has 26 heavy (non-hydrogen) atoms. The van der Waals surface area contributed by atoms with Crippen molar-refractivity contribution in [3.63, 3.8) is 0 Å². The lowest BCUT2D eigenvalue weighted by Crippen LogP contribution is -2.46. The fourth-order valence-corrected chi connectivity index (χ4v) is 3.13. The van der Waals surface area contributed by atoms with E-state index in [-0.39, 0.29) is 6.29 Å². The lowest BCUT2D eigenvalue weighted by molar-refractivity contribution is -0.922. The summed E-state index contributed by atoms with van der Waals surface area (Å²) in [6, 6.07) is 18.6. The number of hydrogen-bond donors (Lipinski definition) is 0. The molecule has 0 spiro atoms. The Labute approximate surface area is 155 Å². The molecule has 1 aliphatic heterocycles. The molecule has 0 aromatic heterocycles. The summed E-state index contributed by atoms with van der Waals surface area (Å²) in [5.74, 6) is 0.969. The van der Waals surface area contributed by atoms with Crippen molar-refractivity contribution in [3.8, 4) is 0 Å². The van der Waals surface area contributed by atoms with Crippen molar-refractivity contribution in [3.05, 3.63) is 60.2 Å². The van der Waals surface area contributed by atoms with Crippen LogP contribution in [-0.2, 0) is 6.54 Å². The molecular weight excluding hydrogens is 324 g/mol. The van der Waals surface area contributed by atoms with Crippen LogP contribution in [0, 0.1) is 0 Å². The summed E-state index contributed by atoms with van der Waals surface area (Å²) >= 11 is 0. The third-order valence-electron chi connectivity index (χ3n) is 4.65. The van der Waals surface area contributed by atoms with E-state index in [4.69, 9.17) is 0 Å². The first-order valence-corrected chi connectivity index (χ1v) is 8.76. The summed E-state index contributed by atoms with van der Waals surface area (Å²) in [5.41, 5.74) is 3.29. The van der Waals surface area contributed by atoms with Crippen molar-refractivity contribution in [1.29, 1.82) is 0 Å².